The quantitative estimate of drug-likeness (QED) is 0.302. The average Bonchev–Trinajstić information content (AvgIpc) is 2.51. The Morgan fingerprint density at radius 1 is 1.33 bits per heavy atom. The van der Waals surface area contributed by atoms with Crippen LogP contribution < -0.4 is 4.73 Å². The molecule has 0 aromatic carbocycles. The summed E-state index contributed by atoms with van der Waals surface area (Å²) in [4.78, 5) is 11.0. The second-order valence-electron chi connectivity index (χ2n) is 5.04. The second kappa shape index (κ2) is 7.08. The molecule has 0 unspecified atom stereocenters. The summed E-state index contributed by atoms with van der Waals surface area (Å²) in [5, 5.41) is 9.49. The van der Waals surface area contributed by atoms with Crippen LogP contribution in [-0.2, 0) is 6.18 Å². The molecule has 2 heterocycles. The molecule has 0 aliphatic heterocycles. The van der Waals surface area contributed by atoms with Gasteiger partial charge in [-0.1, -0.05) is 0 Å². The monoisotopic (exact) mass is 357 g/mol. The van der Waals surface area contributed by atoms with Gasteiger partial charge in [0.2, 0.25) is 12.4 Å². The van der Waals surface area contributed by atoms with E-state index < -0.39 is 11.7 Å². The van der Waals surface area contributed by atoms with E-state index >= 15 is 0 Å². The topological polar surface area (TPSA) is 52.6 Å². The summed E-state index contributed by atoms with van der Waals surface area (Å²) in [6.07, 6.45) is 0.568. The average molecular weight is 357 g/mol. The molecule has 2 aromatic heterocycles. The maximum absolute atomic E-state index is 12.9. The number of alkyl halides is 3. The molecule has 0 atom stereocenters. The number of pyridine rings is 2. The molecule has 2 aromatic rings. The Kier molecular flexibility index (Phi) is 5.33. The molecule has 1 N–H and O–H groups in total. The van der Waals surface area contributed by atoms with Gasteiger partial charge in [0.15, 0.2) is 5.84 Å². The molecule has 0 aliphatic carbocycles. The van der Waals surface area contributed by atoms with Crippen LogP contribution in [0.15, 0.2) is 46.7 Å². The van der Waals surface area contributed by atoms with E-state index in [1.165, 1.54) is 11.8 Å². The Hall–Kier alpha value is -2.29. The number of aliphatic imine (C=N–C) groups is 1. The van der Waals surface area contributed by atoms with Gasteiger partial charge in [0.1, 0.15) is 16.9 Å². The fourth-order valence-electron chi connectivity index (χ4n) is 1.98. The number of hydrogen-bond donors (Lipinski definition) is 1. The summed E-state index contributed by atoms with van der Waals surface area (Å²) >= 11 is 1.46. The van der Waals surface area contributed by atoms with E-state index in [4.69, 9.17) is 0 Å². The highest BCUT2D eigenvalue weighted by Crippen LogP contribution is 2.30. The van der Waals surface area contributed by atoms with Gasteiger partial charge in [-0.3, -0.25) is 10.2 Å². The van der Waals surface area contributed by atoms with Crippen LogP contribution >= 0.6 is 11.8 Å². The largest absolute Gasteiger partial charge is 0.422 e. The predicted octanol–water partition coefficient (Wildman–Crippen LogP) is 2.99. The number of hydrogen-bond acceptors (Lipinski definition) is 4. The van der Waals surface area contributed by atoms with E-state index in [1.807, 2.05) is 12.3 Å². The zero-order valence-corrected chi connectivity index (χ0v) is 14.1. The maximum atomic E-state index is 12.9. The van der Waals surface area contributed by atoms with Crippen molar-refractivity contribution in [2.45, 2.75) is 11.1 Å². The highest BCUT2D eigenvalue weighted by atomic mass is 32.2. The number of nitrogens with zero attached hydrogens (tertiary/aromatic N) is 4. The molecule has 0 saturated heterocycles. The number of rotatable bonds is 3. The molecule has 0 spiro atoms. The van der Waals surface area contributed by atoms with Crippen molar-refractivity contribution in [1.29, 1.82) is 0 Å². The van der Waals surface area contributed by atoms with Gasteiger partial charge in [-0.15, -0.1) is 11.8 Å². The predicted molar refractivity (Wildman–Crippen MR) is 84.7 cm³/mol. The molecule has 24 heavy (non-hydrogen) atoms. The molecule has 0 radical (unpaired) electrons. The zero-order chi connectivity index (χ0) is 17.9. The Bertz CT molecular complexity index is 763. The van der Waals surface area contributed by atoms with E-state index in [1.54, 1.807) is 31.3 Å². The van der Waals surface area contributed by atoms with Crippen LogP contribution in [-0.4, -0.2) is 41.3 Å². The first-order chi connectivity index (χ1) is 11.2. The fourth-order valence-corrected chi connectivity index (χ4v) is 2.53. The zero-order valence-electron chi connectivity index (χ0n) is 13.2. The molecule has 5 nitrogen and oxygen atoms in total. The van der Waals surface area contributed by atoms with Crippen molar-refractivity contribution in [1.82, 2.24) is 9.88 Å². The lowest BCUT2D eigenvalue weighted by atomic mass is 10.2. The van der Waals surface area contributed by atoms with Crippen molar-refractivity contribution in [2.24, 2.45) is 4.99 Å². The standard InChI is InChI=1S/C15H16F3N4OS/c1-21(2)14(13-12(24-3)5-4-6-19-13)20-11-7-10(15(16,17)18)8-22(23)9-11/h4-9,23H,1-3H3/q+1. The lowest BCUT2D eigenvalue weighted by Gasteiger charge is -2.17. The normalized spacial score (nSPS) is 12.3. The van der Waals surface area contributed by atoms with Crippen molar-refractivity contribution in [2.75, 3.05) is 20.4 Å². The molecule has 0 aliphatic rings. The van der Waals surface area contributed by atoms with Crippen LogP contribution in [0.25, 0.3) is 0 Å². The number of halogens is 3. The van der Waals surface area contributed by atoms with Crippen molar-refractivity contribution in [3.8, 4) is 0 Å². The van der Waals surface area contributed by atoms with Crippen LogP contribution in [0, 0.1) is 0 Å². The third-order valence-corrected chi connectivity index (χ3v) is 3.80. The van der Waals surface area contributed by atoms with E-state index in [2.05, 4.69) is 9.98 Å². The summed E-state index contributed by atoms with van der Waals surface area (Å²) in [6, 6.07) is 4.50. The first-order valence-electron chi connectivity index (χ1n) is 6.80. The Labute approximate surface area is 141 Å². The molecule has 0 fully saturated rings. The van der Waals surface area contributed by atoms with Crippen LogP contribution in [0.2, 0.25) is 0 Å². The summed E-state index contributed by atoms with van der Waals surface area (Å²) in [5.41, 5.74) is -0.471. The Morgan fingerprint density at radius 2 is 2.04 bits per heavy atom. The smallest absolute Gasteiger partial charge is 0.361 e. The molecule has 0 bridgehead atoms. The van der Waals surface area contributed by atoms with Gasteiger partial charge in [0.25, 0.3) is 0 Å². The van der Waals surface area contributed by atoms with Gasteiger partial charge in [-0.25, -0.2) is 4.99 Å². The molecular formula is C15H16F3N4OS+. The van der Waals surface area contributed by atoms with Gasteiger partial charge in [0.05, 0.1) is 0 Å². The van der Waals surface area contributed by atoms with E-state index in [0.717, 1.165) is 17.2 Å². The first-order valence-corrected chi connectivity index (χ1v) is 8.03. The third kappa shape index (κ3) is 4.16. The minimum atomic E-state index is -4.58. The summed E-state index contributed by atoms with van der Waals surface area (Å²) in [7, 11) is 3.44. The third-order valence-electron chi connectivity index (χ3n) is 3.03. The molecule has 2 rings (SSSR count). The molecule has 9 heteroatoms. The number of thioether (sulfide) groups is 1. The van der Waals surface area contributed by atoms with Crippen molar-refractivity contribution < 1.29 is 23.1 Å². The Morgan fingerprint density at radius 3 is 2.62 bits per heavy atom. The minimum absolute atomic E-state index is 0.0336. The fraction of sp³-hybridized carbons (Fsp3) is 0.267. The van der Waals surface area contributed by atoms with E-state index in [-0.39, 0.29) is 5.69 Å². The highest BCUT2D eigenvalue weighted by molar-refractivity contribution is 7.98. The molecular weight excluding hydrogens is 341 g/mol. The second-order valence-corrected chi connectivity index (χ2v) is 5.89. The summed E-state index contributed by atoms with van der Waals surface area (Å²) < 4.78 is 39.0. The summed E-state index contributed by atoms with van der Waals surface area (Å²) in [5.74, 6) is 0.388. The molecule has 0 saturated carbocycles. The van der Waals surface area contributed by atoms with Crippen molar-refractivity contribution >= 4 is 23.3 Å². The molecule has 128 valence electrons. The van der Waals surface area contributed by atoms with E-state index in [9.17, 15) is 18.4 Å². The lowest BCUT2D eigenvalue weighted by Crippen LogP contribution is -2.31. The van der Waals surface area contributed by atoms with Crippen molar-refractivity contribution in [3.63, 3.8) is 0 Å². The SMILES string of the molecule is CSc1cccnc1C(=Nc1cc(C(F)(F)F)c[n+](O)c1)N(C)C. The first kappa shape index (κ1) is 18.1. The van der Waals surface area contributed by atoms with Crippen LogP contribution in [0.1, 0.15) is 11.3 Å². The lowest BCUT2D eigenvalue weighted by molar-refractivity contribution is -0.904. The van der Waals surface area contributed by atoms with Crippen LogP contribution in [0.3, 0.4) is 0 Å². The minimum Gasteiger partial charge on any atom is -0.361 e. The van der Waals surface area contributed by atoms with Gasteiger partial charge in [0, 0.05) is 29.9 Å². The molecule has 0 amide bonds. The van der Waals surface area contributed by atoms with Crippen molar-refractivity contribution in [3.05, 3.63) is 48.0 Å². The number of aromatic nitrogens is 2. The van der Waals surface area contributed by atoms with Gasteiger partial charge >= 0.3 is 6.18 Å². The van der Waals surface area contributed by atoms with Crippen LogP contribution in [0.5, 0.6) is 0 Å². The highest BCUT2D eigenvalue weighted by Gasteiger charge is 2.34. The maximum Gasteiger partial charge on any atom is 0.422 e. The van der Waals surface area contributed by atoms with E-state index in [0.29, 0.717) is 22.5 Å². The summed E-state index contributed by atoms with van der Waals surface area (Å²) in [6.45, 7) is 0. The van der Waals surface area contributed by atoms with Crippen LogP contribution in [0.4, 0.5) is 18.9 Å². The van der Waals surface area contributed by atoms with Gasteiger partial charge < -0.3 is 4.90 Å². The van der Waals surface area contributed by atoms with Gasteiger partial charge in [-0.2, -0.15) is 13.2 Å². The number of amidine groups is 1. The Balaban J connectivity index is 2.59. The van der Waals surface area contributed by atoms with Gasteiger partial charge in [-0.05, 0) is 24.5 Å².